The van der Waals surface area contributed by atoms with Crippen LogP contribution in [0.2, 0.25) is 0 Å². The van der Waals surface area contributed by atoms with Gasteiger partial charge in [-0.25, -0.2) is 4.39 Å². The number of hydrogen-bond acceptors (Lipinski definition) is 2. The van der Waals surface area contributed by atoms with Crippen LogP contribution < -0.4 is 9.80 Å². The molecule has 0 unspecified atom stereocenters. The number of carbonyl (C=O) groups is 2. The Morgan fingerprint density at radius 1 is 1.04 bits per heavy atom. The van der Waals surface area contributed by atoms with Gasteiger partial charge in [0.15, 0.2) is 0 Å². The lowest BCUT2D eigenvalue weighted by Crippen LogP contribution is -2.66. The lowest BCUT2D eigenvalue weighted by molar-refractivity contribution is -0.131. The van der Waals surface area contributed by atoms with E-state index in [4.69, 9.17) is 0 Å². The van der Waals surface area contributed by atoms with Gasteiger partial charge in [-0.3, -0.25) is 14.5 Å². The van der Waals surface area contributed by atoms with Gasteiger partial charge >= 0.3 is 0 Å². The molecule has 24 heavy (non-hydrogen) atoms. The molecule has 2 amide bonds. The first-order chi connectivity index (χ1) is 11.3. The molecule has 6 heteroatoms. The van der Waals surface area contributed by atoms with Crippen molar-refractivity contribution in [1.82, 2.24) is 0 Å². The number of amides is 2. The predicted molar refractivity (Wildman–Crippen MR) is 94.5 cm³/mol. The van der Waals surface area contributed by atoms with Crippen molar-refractivity contribution in [2.24, 2.45) is 0 Å². The summed E-state index contributed by atoms with van der Waals surface area (Å²) in [6.07, 6.45) is 0. The van der Waals surface area contributed by atoms with Gasteiger partial charge in [-0.2, -0.15) is 0 Å². The zero-order chi connectivity index (χ0) is 17.5. The Kier molecular flexibility index (Phi) is 4.17. The second-order valence-electron chi connectivity index (χ2n) is 6.14. The third kappa shape index (κ3) is 2.82. The number of halogens is 2. The summed E-state index contributed by atoms with van der Waals surface area (Å²) in [5.74, 6) is -0.793. The van der Waals surface area contributed by atoms with Crippen molar-refractivity contribution in [1.29, 1.82) is 0 Å². The molecule has 2 aromatic carbocycles. The van der Waals surface area contributed by atoms with E-state index in [1.54, 1.807) is 26.0 Å². The van der Waals surface area contributed by atoms with Crippen LogP contribution in [-0.2, 0) is 9.59 Å². The molecule has 0 aliphatic carbocycles. The molecule has 2 aromatic rings. The van der Waals surface area contributed by atoms with E-state index < -0.39 is 5.54 Å². The van der Waals surface area contributed by atoms with E-state index in [1.165, 1.54) is 34.1 Å². The van der Waals surface area contributed by atoms with E-state index in [1.807, 2.05) is 12.1 Å². The van der Waals surface area contributed by atoms with Crippen LogP contribution in [0, 0.1) is 5.82 Å². The fourth-order valence-electron chi connectivity index (χ4n) is 2.92. The number of hydrogen-bond donors (Lipinski definition) is 0. The zero-order valence-corrected chi connectivity index (χ0v) is 14.9. The summed E-state index contributed by atoms with van der Waals surface area (Å²) in [4.78, 5) is 28.6. The van der Waals surface area contributed by atoms with Gasteiger partial charge in [-0.05, 0) is 56.3 Å². The monoisotopic (exact) mass is 390 g/mol. The van der Waals surface area contributed by atoms with Crippen molar-refractivity contribution in [3.05, 3.63) is 58.8 Å². The molecule has 1 aliphatic heterocycles. The Balaban J connectivity index is 1.99. The standard InChI is InChI=1S/C18H16BrFN2O2/c1-18(2)17(24)21(15-5-3-4-12(19)10-15)11-16(23)22(18)14-8-6-13(20)7-9-14/h3-10H,11H2,1-2H3. The highest BCUT2D eigenvalue weighted by molar-refractivity contribution is 9.10. The first kappa shape index (κ1) is 16.6. The first-order valence-corrected chi connectivity index (χ1v) is 8.26. The molecule has 1 heterocycles. The molecule has 0 aromatic heterocycles. The van der Waals surface area contributed by atoms with E-state index in [-0.39, 0.29) is 24.2 Å². The second kappa shape index (κ2) is 6.02. The molecule has 1 aliphatic rings. The van der Waals surface area contributed by atoms with Crippen LogP contribution in [0.3, 0.4) is 0 Å². The predicted octanol–water partition coefficient (Wildman–Crippen LogP) is 3.75. The first-order valence-electron chi connectivity index (χ1n) is 7.47. The van der Waals surface area contributed by atoms with Crippen molar-refractivity contribution in [2.45, 2.75) is 19.4 Å². The van der Waals surface area contributed by atoms with E-state index in [0.717, 1.165) is 4.47 Å². The van der Waals surface area contributed by atoms with Crippen molar-refractivity contribution < 1.29 is 14.0 Å². The van der Waals surface area contributed by atoms with Crippen LogP contribution in [0.5, 0.6) is 0 Å². The SMILES string of the molecule is CC1(C)C(=O)N(c2cccc(Br)c2)CC(=O)N1c1ccc(F)cc1. The average molecular weight is 391 g/mol. The molecule has 0 atom stereocenters. The highest BCUT2D eigenvalue weighted by Gasteiger charge is 2.47. The number of rotatable bonds is 2. The smallest absolute Gasteiger partial charge is 0.253 e. The largest absolute Gasteiger partial charge is 0.301 e. The van der Waals surface area contributed by atoms with E-state index in [0.29, 0.717) is 11.4 Å². The number of benzene rings is 2. The Morgan fingerprint density at radius 2 is 1.71 bits per heavy atom. The van der Waals surface area contributed by atoms with Gasteiger partial charge in [0, 0.05) is 15.8 Å². The van der Waals surface area contributed by atoms with Gasteiger partial charge in [0.2, 0.25) is 5.91 Å². The molecule has 0 N–H and O–H groups in total. The molecule has 0 bridgehead atoms. The molecule has 0 spiro atoms. The Bertz CT molecular complexity index is 805. The summed E-state index contributed by atoms with van der Waals surface area (Å²) in [5, 5.41) is 0. The van der Waals surface area contributed by atoms with E-state index >= 15 is 0 Å². The fourth-order valence-corrected chi connectivity index (χ4v) is 3.31. The summed E-state index contributed by atoms with van der Waals surface area (Å²) in [6.45, 7) is 3.33. The molecule has 0 saturated carbocycles. The number of nitrogens with zero attached hydrogens (tertiary/aromatic N) is 2. The van der Waals surface area contributed by atoms with Crippen LogP contribution in [0.25, 0.3) is 0 Å². The lowest BCUT2D eigenvalue weighted by atomic mass is 9.95. The second-order valence-corrected chi connectivity index (χ2v) is 7.05. The molecule has 1 saturated heterocycles. The quantitative estimate of drug-likeness (QED) is 0.783. The maximum Gasteiger partial charge on any atom is 0.253 e. The normalized spacial score (nSPS) is 17.3. The van der Waals surface area contributed by atoms with Crippen molar-refractivity contribution >= 4 is 39.1 Å². The molecule has 3 rings (SSSR count). The third-order valence-corrected chi connectivity index (χ3v) is 4.57. The van der Waals surface area contributed by atoms with Crippen molar-refractivity contribution in [3.63, 3.8) is 0 Å². The minimum atomic E-state index is -1.07. The maximum atomic E-state index is 13.2. The Morgan fingerprint density at radius 3 is 2.33 bits per heavy atom. The topological polar surface area (TPSA) is 40.6 Å². The van der Waals surface area contributed by atoms with E-state index in [9.17, 15) is 14.0 Å². The van der Waals surface area contributed by atoms with Crippen LogP contribution in [0.1, 0.15) is 13.8 Å². The van der Waals surface area contributed by atoms with Crippen molar-refractivity contribution in [2.75, 3.05) is 16.3 Å². The molecule has 0 radical (unpaired) electrons. The van der Waals surface area contributed by atoms with Gasteiger partial charge in [0.05, 0.1) is 0 Å². The van der Waals surface area contributed by atoms with Crippen LogP contribution >= 0.6 is 15.9 Å². The molecular weight excluding hydrogens is 375 g/mol. The number of anilines is 2. The Hall–Kier alpha value is -2.21. The zero-order valence-electron chi connectivity index (χ0n) is 13.3. The summed E-state index contributed by atoms with van der Waals surface area (Å²) < 4.78 is 14.0. The minimum absolute atomic E-state index is 0.0594. The van der Waals surface area contributed by atoms with Gasteiger partial charge in [0.25, 0.3) is 5.91 Å². The summed E-state index contributed by atoms with van der Waals surface area (Å²) >= 11 is 3.38. The van der Waals surface area contributed by atoms with Crippen molar-refractivity contribution in [3.8, 4) is 0 Å². The minimum Gasteiger partial charge on any atom is -0.301 e. The summed E-state index contributed by atoms with van der Waals surface area (Å²) in [5.41, 5.74) is 0.0957. The average Bonchev–Trinajstić information content (AvgIpc) is 2.53. The fraction of sp³-hybridized carbons (Fsp3) is 0.222. The van der Waals surface area contributed by atoms with Crippen LogP contribution in [0.15, 0.2) is 53.0 Å². The lowest BCUT2D eigenvalue weighted by Gasteiger charge is -2.45. The van der Waals surface area contributed by atoms with Gasteiger partial charge in [-0.15, -0.1) is 0 Å². The molecule has 124 valence electrons. The van der Waals surface area contributed by atoms with Gasteiger partial charge < -0.3 is 4.90 Å². The van der Waals surface area contributed by atoms with Gasteiger partial charge in [0.1, 0.15) is 17.9 Å². The molecule has 4 nitrogen and oxygen atoms in total. The summed E-state index contributed by atoms with van der Waals surface area (Å²) in [6, 6.07) is 12.8. The van der Waals surface area contributed by atoms with Gasteiger partial charge in [-0.1, -0.05) is 22.0 Å². The number of carbonyl (C=O) groups excluding carboxylic acids is 2. The maximum absolute atomic E-state index is 13.2. The van der Waals surface area contributed by atoms with Crippen LogP contribution in [-0.4, -0.2) is 23.9 Å². The third-order valence-electron chi connectivity index (χ3n) is 4.08. The molecular formula is C18H16BrFN2O2. The Labute approximate surface area is 148 Å². The highest BCUT2D eigenvalue weighted by atomic mass is 79.9. The van der Waals surface area contributed by atoms with E-state index in [2.05, 4.69) is 15.9 Å². The molecule has 1 fully saturated rings. The number of piperazine rings is 1. The van der Waals surface area contributed by atoms with Crippen LogP contribution in [0.4, 0.5) is 15.8 Å². The summed E-state index contributed by atoms with van der Waals surface area (Å²) in [7, 11) is 0. The highest BCUT2D eigenvalue weighted by Crippen LogP contribution is 2.33.